The maximum absolute atomic E-state index is 13.5. The van der Waals surface area contributed by atoms with Crippen LogP contribution >= 0.6 is 23.2 Å². The molecule has 35 heavy (non-hydrogen) atoms. The van der Waals surface area contributed by atoms with E-state index in [4.69, 9.17) is 23.2 Å². The minimum atomic E-state index is -4.76. The van der Waals surface area contributed by atoms with Crippen molar-refractivity contribution in [3.63, 3.8) is 0 Å². The molecule has 0 N–H and O–H groups in total. The summed E-state index contributed by atoms with van der Waals surface area (Å²) >= 11 is 12.6. The number of hydrogen-bond donors (Lipinski definition) is 0. The van der Waals surface area contributed by atoms with E-state index in [9.17, 15) is 22.4 Å². The Hall–Kier alpha value is -2.77. The van der Waals surface area contributed by atoms with E-state index in [1.54, 1.807) is 17.0 Å². The molecule has 184 valence electrons. The van der Waals surface area contributed by atoms with Crippen LogP contribution in [-0.2, 0) is 17.4 Å². The molecule has 1 unspecified atom stereocenters. The van der Waals surface area contributed by atoms with Gasteiger partial charge in [0.15, 0.2) is 0 Å². The lowest BCUT2D eigenvalue weighted by Crippen LogP contribution is -2.51. The lowest BCUT2D eigenvalue weighted by Gasteiger charge is -2.43. The van der Waals surface area contributed by atoms with Gasteiger partial charge in [-0.1, -0.05) is 47.5 Å². The molecular weight excluding hydrogens is 503 g/mol. The Labute approximate surface area is 210 Å². The SMILES string of the molecule is Cc1ccc(N2CCN(C(=O)Cc3ccc(F)cc3C(F)(F)F)CC2c2ccc(Cl)cc2)c(Cl)c1. The molecule has 1 heterocycles. The summed E-state index contributed by atoms with van der Waals surface area (Å²) in [5, 5.41) is 1.14. The number of hydrogen-bond acceptors (Lipinski definition) is 2. The van der Waals surface area contributed by atoms with Gasteiger partial charge in [0, 0.05) is 24.7 Å². The molecule has 1 saturated heterocycles. The van der Waals surface area contributed by atoms with Crippen LogP contribution in [0.15, 0.2) is 60.7 Å². The van der Waals surface area contributed by atoms with Gasteiger partial charge in [-0.3, -0.25) is 4.79 Å². The number of nitrogens with zero attached hydrogens (tertiary/aromatic N) is 2. The van der Waals surface area contributed by atoms with E-state index in [1.807, 2.05) is 37.3 Å². The van der Waals surface area contributed by atoms with Crippen molar-refractivity contribution in [3.8, 4) is 0 Å². The van der Waals surface area contributed by atoms with E-state index in [1.165, 1.54) is 0 Å². The quantitative estimate of drug-likeness (QED) is 0.340. The Kier molecular flexibility index (Phi) is 7.29. The van der Waals surface area contributed by atoms with Crippen molar-refractivity contribution in [1.82, 2.24) is 4.90 Å². The fourth-order valence-electron chi connectivity index (χ4n) is 4.35. The molecule has 0 aromatic heterocycles. The zero-order valence-corrected chi connectivity index (χ0v) is 20.3. The van der Waals surface area contributed by atoms with Gasteiger partial charge in [0.1, 0.15) is 5.82 Å². The number of carbonyl (C=O) groups is 1. The second-order valence-electron chi connectivity index (χ2n) is 8.53. The molecule has 1 amide bonds. The van der Waals surface area contributed by atoms with Crippen LogP contribution in [0.3, 0.4) is 0 Å². The summed E-state index contributed by atoms with van der Waals surface area (Å²) < 4.78 is 53.7. The van der Waals surface area contributed by atoms with E-state index < -0.39 is 29.9 Å². The average Bonchev–Trinajstić information content (AvgIpc) is 2.80. The fraction of sp³-hybridized carbons (Fsp3) is 0.269. The molecule has 0 radical (unpaired) electrons. The number of amides is 1. The van der Waals surface area contributed by atoms with Crippen LogP contribution in [0.5, 0.6) is 0 Å². The fourth-order valence-corrected chi connectivity index (χ4v) is 4.82. The normalized spacial score (nSPS) is 16.5. The molecule has 0 bridgehead atoms. The number of alkyl halides is 3. The summed E-state index contributed by atoms with van der Waals surface area (Å²) in [4.78, 5) is 16.8. The van der Waals surface area contributed by atoms with Gasteiger partial charge in [-0.25, -0.2) is 4.39 Å². The van der Waals surface area contributed by atoms with Gasteiger partial charge in [0.2, 0.25) is 5.91 Å². The molecule has 0 saturated carbocycles. The Morgan fingerprint density at radius 2 is 1.71 bits per heavy atom. The van der Waals surface area contributed by atoms with Crippen molar-refractivity contribution in [2.75, 3.05) is 24.5 Å². The molecule has 1 aliphatic rings. The first-order chi connectivity index (χ1) is 16.5. The molecule has 1 aliphatic heterocycles. The van der Waals surface area contributed by atoms with E-state index in [-0.39, 0.29) is 18.2 Å². The van der Waals surface area contributed by atoms with Gasteiger partial charge in [-0.05, 0) is 60.0 Å². The zero-order valence-electron chi connectivity index (χ0n) is 18.7. The highest BCUT2D eigenvalue weighted by molar-refractivity contribution is 6.33. The van der Waals surface area contributed by atoms with Crippen molar-refractivity contribution >= 4 is 34.8 Å². The number of anilines is 1. The van der Waals surface area contributed by atoms with Gasteiger partial charge in [-0.2, -0.15) is 13.2 Å². The van der Waals surface area contributed by atoms with Gasteiger partial charge in [-0.15, -0.1) is 0 Å². The Bertz CT molecular complexity index is 1230. The number of aryl methyl sites for hydroxylation is 1. The Morgan fingerprint density at radius 3 is 2.37 bits per heavy atom. The van der Waals surface area contributed by atoms with Gasteiger partial charge in [0.25, 0.3) is 0 Å². The van der Waals surface area contributed by atoms with Crippen LogP contribution in [-0.4, -0.2) is 30.4 Å². The van der Waals surface area contributed by atoms with Gasteiger partial charge in [0.05, 0.1) is 28.7 Å². The minimum absolute atomic E-state index is 0.243. The van der Waals surface area contributed by atoms with E-state index in [0.29, 0.717) is 29.2 Å². The molecule has 3 nitrogen and oxygen atoms in total. The standard InChI is InChI=1S/C26H22Cl2F4N2O/c1-16-2-9-23(22(28)12-16)34-11-10-33(15-24(34)17-3-6-19(27)7-4-17)25(35)13-18-5-8-20(29)14-21(18)26(30,31)32/h2-9,12,14,24H,10-11,13,15H2,1H3. The van der Waals surface area contributed by atoms with E-state index in [0.717, 1.165) is 28.9 Å². The zero-order chi connectivity index (χ0) is 25.3. The summed E-state index contributed by atoms with van der Waals surface area (Å²) in [5.74, 6) is -1.46. The summed E-state index contributed by atoms with van der Waals surface area (Å²) in [7, 11) is 0. The molecule has 0 spiro atoms. The second kappa shape index (κ2) is 10.1. The van der Waals surface area contributed by atoms with E-state index in [2.05, 4.69) is 4.90 Å². The lowest BCUT2D eigenvalue weighted by atomic mass is 9.99. The summed E-state index contributed by atoms with van der Waals surface area (Å²) in [5.41, 5.74) is 1.32. The van der Waals surface area contributed by atoms with Crippen LogP contribution in [0.4, 0.5) is 23.2 Å². The summed E-state index contributed by atoms with van der Waals surface area (Å²) in [6, 6.07) is 15.0. The minimum Gasteiger partial charge on any atom is -0.360 e. The van der Waals surface area contributed by atoms with Gasteiger partial charge >= 0.3 is 6.18 Å². The van der Waals surface area contributed by atoms with Crippen LogP contribution in [0, 0.1) is 12.7 Å². The van der Waals surface area contributed by atoms with Crippen LogP contribution in [0.25, 0.3) is 0 Å². The highest BCUT2D eigenvalue weighted by Crippen LogP contribution is 2.37. The average molecular weight is 525 g/mol. The van der Waals surface area contributed by atoms with Gasteiger partial charge < -0.3 is 9.80 Å². The molecule has 3 aromatic carbocycles. The van der Waals surface area contributed by atoms with Crippen molar-refractivity contribution in [2.45, 2.75) is 25.6 Å². The number of piperazine rings is 1. The molecule has 0 aliphatic carbocycles. The van der Waals surface area contributed by atoms with Crippen LogP contribution < -0.4 is 4.90 Å². The first-order valence-electron chi connectivity index (χ1n) is 10.9. The Balaban J connectivity index is 1.62. The first kappa shape index (κ1) is 25.3. The second-order valence-corrected chi connectivity index (χ2v) is 9.38. The number of benzene rings is 3. The van der Waals surface area contributed by atoms with E-state index >= 15 is 0 Å². The van der Waals surface area contributed by atoms with Crippen molar-refractivity contribution in [1.29, 1.82) is 0 Å². The topological polar surface area (TPSA) is 23.6 Å². The highest BCUT2D eigenvalue weighted by Gasteiger charge is 2.36. The maximum atomic E-state index is 13.5. The number of rotatable bonds is 4. The molecule has 3 aromatic rings. The highest BCUT2D eigenvalue weighted by atomic mass is 35.5. The predicted octanol–water partition coefficient (Wildman–Crippen LogP) is 7.09. The number of halogens is 6. The molecular formula is C26H22Cl2F4N2O. The van der Waals surface area contributed by atoms with Crippen molar-refractivity contribution in [3.05, 3.63) is 98.8 Å². The molecule has 1 atom stereocenters. The van der Waals surface area contributed by atoms with Crippen molar-refractivity contribution < 1.29 is 22.4 Å². The largest absolute Gasteiger partial charge is 0.416 e. The van der Waals surface area contributed by atoms with Crippen molar-refractivity contribution in [2.24, 2.45) is 0 Å². The van der Waals surface area contributed by atoms with Crippen LogP contribution in [0.2, 0.25) is 10.0 Å². The number of carbonyl (C=O) groups excluding carboxylic acids is 1. The predicted molar refractivity (Wildman–Crippen MR) is 129 cm³/mol. The first-order valence-corrected chi connectivity index (χ1v) is 11.7. The monoisotopic (exact) mass is 524 g/mol. The van der Waals surface area contributed by atoms with Crippen LogP contribution in [0.1, 0.15) is 28.3 Å². The smallest absolute Gasteiger partial charge is 0.360 e. The third-order valence-corrected chi connectivity index (χ3v) is 6.67. The molecule has 4 rings (SSSR count). The summed E-state index contributed by atoms with van der Waals surface area (Å²) in [6.07, 6.45) is -5.24. The molecule has 9 heteroatoms. The maximum Gasteiger partial charge on any atom is 0.416 e. The lowest BCUT2D eigenvalue weighted by molar-refractivity contribution is -0.139. The molecule has 1 fully saturated rings. The third kappa shape index (κ3) is 5.73. The summed E-state index contributed by atoms with van der Waals surface area (Å²) in [6.45, 7) is 2.91. The third-order valence-electron chi connectivity index (χ3n) is 6.12. The Morgan fingerprint density at radius 1 is 1.00 bits per heavy atom.